The van der Waals surface area contributed by atoms with Gasteiger partial charge in [-0.1, -0.05) is 23.7 Å². The van der Waals surface area contributed by atoms with E-state index >= 15 is 9.18 Å². The third-order valence-corrected chi connectivity index (χ3v) is 10.6. The number of carbonyl (C=O) groups excluding carboxylic acids is 2. The Balaban J connectivity index is 1.91. The van der Waals surface area contributed by atoms with E-state index in [-0.39, 0.29) is 46.3 Å². The number of fused-ring (bicyclic) bond motifs is 1. The van der Waals surface area contributed by atoms with E-state index in [0.717, 1.165) is 19.2 Å². The number of amides is 2. The van der Waals surface area contributed by atoms with Gasteiger partial charge in [-0.05, 0) is 49.4 Å². The van der Waals surface area contributed by atoms with Gasteiger partial charge in [-0.3, -0.25) is 14.1 Å². The van der Waals surface area contributed by atoms with Crippen LogP contribution in [0.3, 0.4) is 0 Å². The van der Waals surface area contributed by atoms with Crippen molar-refractivity contribution in [1.82, 2.24) is 0 Å². The molecule has 0 saturated carbocycles. The van der Waals surface area contributed by atoms with E-state index < -0.39 is 67.6 Å². The number of sulfonamides is 1. The van der Waals surface area contributed by atoms with E-state index in [2.05, 4.69) is 4.74 Å². The Morgan fingerprint density at radius 3 is 2.37 bits per heavy atom. The molecular formula is C30H29ClF4N3O7S+. The topological polar surface area (TPSA) is 125 Å². The van der Waals surface area contributed by atoms with Gasteiger partial charge in [-0.2, -0.15) is 4.31 Å². The number of rotatable bonds is 9. The standard InChI is InChI=1S/C30H28ClF4N3O7S/c1-4-38(16-18(32)14-23(38)27(36)39)29(20-7-5-6-8-24(20)44-3)21-13-17(31)9-11-22(21)37(28(29)40)46(41,42)26-12-10-19(43-2)15-25(26)45-30(33,34)35/h5-13,15,18,23H,4,14,16H2,1-3H3,(H-,36,39)/p+1/t18?,23-,29?,38?/m0/s1. The second-order valence-corrected chi connectivity index (χ2v) is 13.0. The fourth-order valence-corrected chi connectivity index (χ4v) is 8.64. The molecule has 46 heavy (non-hydrogen) atoms. The summed E-state index contributed by atoms with van der Waals surface area (Å²) in [6, 6.07) is 11.2. The first-order valence-electron chi connectivity index (χ1n) is 13.9. The number of anilines is 1. The summed E-state index contributed by atoms with van der Waals surface area (Å²) in [5.41, 5.74) is 3.33. The van der Waals surface area contributed by atoms with Gasteiger partial charge in [0.25, 0.3) is 15.9 Å². The smallest absolute Gasteiger partial charge is 0.497 e. The number of quaternary nitrogens is 1. The highest BCUT2D eigenvalue weighted by Crippen LogP contribution is 2.59. The van der Waals surface area contributed by atoms with E-state index in [1.807, 2.05) is 0 Å². The molecule has 2 heterocycles. The minimum Gasteiger partial charge on any atom is -0.497 e. The first-order valence-corrected chi connectivity index (χ1v) is 15.7. The fourth-order valence-electron chi connectivity index (χ4n) is 6.91. The van der Waals surface area contributed by atoms with Crippen molar-refractivity contribution in [3.63, 3.8) is 0 Å². The molecule has 2 aliphatic heterocycles. The quantitative estimate of drug-likeness (QED) is 0.256. The average Bonchev–Trinajstić information content (AvgIpc) is 3.48. The van der Waals surface area contributed by atoms with Gasteiger partial charge < -0.3 is 19.9 Å². The lowest BCUT2D eigenvalue weighted by Crippen LogP contribution is -2.71. The number of hydrogen-bond donors (Lipinski definition) is 1. The van der Waals surface area contributed by atoms with Crippen LogP contribution in [0.2, 0.25) is 5.02 Å². The van der Waals surface area contributed by atoms with E-state index in [0.29, 0.717) is 10.4 Å². The Labute approximate surface area is 266 Å². The minimum absolute atomic E-state index is 0.0490. The normalized spacial score (nSPS) is 24.5. The van der Waals surface area contributed by atoms with Crippen LogP contribution in [0.1, 0.15) is 24.5 Å². The van der Waals surface area contributed by atoms with Crippen molar-refractivity contribution < 1.29 is 54.3 Å². The highest BCUT2D eigenvalue weighted by molar-refractivity contribution is 7.93. The first kappa shape index (κ1) is 33.3. The van der Waals surface area contributed by atoms with Crippen molar-refractivity contribution in [2.75, 3.05) is 31.6 Å². The van der Waals surface area contributed by atoms with Crippen molar-refractivity contribution in [3.8, 4) is 17.2 Å². The SMILES string of the molecule is CC[N+]1(C2(c3ccccc3OC)C(=O)N(S(=O)(=O)c3ccc(OC)cc3OC(F)(F)F)c3ccc(Cl)cc32)CC(F)C[C@H]1C(N)=O. The lowest BCUT2D eigenvalue weighted by molar-refractivity contribution is -0.969. The van der Waals surface area contributed by atoms with Crippen molar-refractivity contribution in [1.29, 1.82) is 0 Å². The van der Waals surface area contributed by atoms with Gasteiger partial charge in [-0.15, -0.1) is 13.2 Å². The van der Waals surface area contributed by atoms with E-state index in [1.165, 1.54) is 37.4 Å². The Morgan fingerprint density at radius 1 is 1.07 bits per heavy atom. The fraction of sp³-hybridized carbons (Fsp3) is 0.333. The summed E-state index contributed by atoms with van der Waals surface area (Å²) in [6.07, 6.45) is -7.34. The number of likely N-dealkylation sites (tertiary alicyclic amines) is 1. The predicted molar refractivity (Wildman–Crippen MR) is 158 cm³/mol. The number of carbonyl (C=O) groups is 2. The van der Waals surface area contributed by atoms with E-state index in [9.17, 15) is 26.4 Å². The average molecular weight is 687 g/mol. The summed E-state index contributed by atoms with van der Waals surface area (Å²) in [7, 11) is -2.79. The molecule has 3 unspecified atom stereocenters. The van der Waals surface area contributed by atoms with Crippen LogP contribution >= 0.6 is 11.6 Å². The number of alkyl halides is 4. The van der Waals surface area contributed by atoms with Gasteiger partial charge in [0.15, 0.2) is 18.0 Å². The largest absolute Gasteiger partial charge is 0.573 e. The van der Waals surface area contributed by atoms with Crippen LogP contribution in [0.4, 0.5) is 23.2 Å². The molecule has 2 N–H and O–H groups in total. The van der Waals surface area contributed by atoms with Crippen molar-refractivity contribution >= 4 is 39.1 Å². The summed E-state index contributed by atoms with van der Waals surface area (Å²) < 4.78 is 99.5. The maximum absolute atomic E-state index is 15.5. The maximum Gasteiger partial charge on any atom is 0.573 e. The Bertz CT molecular complexity index is 1830. The van der Waals surface area contributed by atoms with Crippen molar-refractivity contribution in [3.05, 3.63) is 76.8 Å². The zero-order valence-electron chi connectivity index (χ0n) is 24.7. The minimum atomic E-state index is -5.32. The van der Waals surface area contributed by atoms with Crippen LogP contribution in [0, 0.1) is 0 Å². The number of ether oxygens (including phenoxy) is 3. The van der Waals surface area contributed by atoms with Crippen molar-refractivity contribution in [2.24, 2.45) is 5.73 Å². The Morgan fingerprint density at radius 2 is 1.76 bits per heavy atom. The lowest BCUT2D eigenvalue weighted by Gasteiger charge is -2.50. The molecule has 0 spiro atoms. The van der Waals surface area contributed by atoms with Crippen LogP contribution in [0.15, 0.2) is 65.6 Å². The molecule has 0 aromatic heterocycles. The van der Waals surface area contributed by atoms with Gasteiger partial charge in [0.05, 0.1) is 37.6 Å². The number of benzene rings is 3. The molecule has 1 fully saturated rings. The third kappa shape index (κ3) is 4.91. The van der Waals surface area contributed by atoms with Crippen LogP contribution in [-0.2, 0) is 25.2 Å². The molecule has 0 radical (unpaired) electrons. The molecule has 5 rings (SSSR count). The molecule has 3 aromatic rings. The molecule has 246 valence electrons. The summed E-state index contributed by atoms with van der Waals surface area (Å²) in [5.74, 6) is -3.39. The first-order chi connectivity index (χ1) is 21.6. The molecule has 0 bridgehead atoms. The monoisotopic (exact) mass is 686 g/mol. The van der Waals surface area contributed by atoms with Crippen LogP contribution in [0.25, 0.3) is 0 Å². The number of nitrogens with two attached hydrogens (primary N) is 1. The number of para-hydroxylation sites is 1. The number of methoxy groups -OCH3 is 2. The van der Waals surface area contributed by atoms with Gasteiger partial charge in [-0.25, -0.2) is 12.8 Å². The number of primary amides is 1. The number of hydrogen-bond acceptors (Lipinski definition) is 7. The van der Waals surface area contributed by atoms with Crippen LogP contribution < -0.4 is 24.2 Å². The van der Waals surface area contributed by atoms with Gasteiger partial charge in [0.2, 0.25) is 5.54 Å². The zero-order chi connectivity index (χ0) is 33.8. The van der Waals surface area contributed by atoms with E-state index in [4.69, 9.17) is 26.8 Å². The predicted octanol–water partition coefficient (Wildman–Crippen LogP) is 4.67. The summed E-state index contributed by atoms with van der Waals surface area (Å²) in [6.45, 7) is 1.04. The maximum atomic E-state index is 15.5. The van der Waals surface area contributed by atoms with Gasteiger partial charge >= 0.3 is 12.3 Å². The molecule has 16 heteroatoms. The number of likely N-dealkylation sites (N-methyl/N-ethyl adjacent to an activating group) is 1. The Hall–Kier alpha value is -4.08. The lowest BCUT2D eigenvalue weighted by atomic mass is 9.78. The molecule has 2 amide bonds. The van der Waals surface area contributed by atoms with Gasteiger partial charge in [0.1, 0.15) is 22.9 Å². The molecule has 3 aromatic carbocycles. The molecular weight excluding hydrogens is 658 g/mol. The molecule has 1 saturated heterocycles. The summed E-state index contributed by atoms with van der Waals surface area (Å²) in [5, 5.41) is 0.0523. The van der Waals surface area contributed by atoms with Gasteiger partial charge in [0, 0.05) is 17.5 Å². The summed E-state index contributed by atoms with van der Waals surface area (Å²) >= 11 is 6.45. The van der Waals surface area contributed by atoms with Crippen LogP contribution in [0.5, 0.6) is 17.2 Å². The summed E-state index contributed by atoms with van der Waals surface area (Å²) in [4.78, 5) is 27.3. The number of halogens is 5. The van der Waals surface area contributed by atoms with Crippen LogP contribution in [-0.4, -0.2) is 70.6 Å². The molecule has 4 atom stereocenters. The second-order valence-electron chi connectivity index (χ2n) is 10.8. The number of nitrogens with zero attached hydrogens (tertiary/aromatic N) is 2. The molecule has 2 aliphatic rings. The van der Waals surface area contributed by atoms with Crippen molar-refractivity contribution in [2.45, 2.75) is 42.4 Å². The Kier molecular flexibility index (Phi) is 8.41. The molecule has 10 nitrogen and oxygen atoms in total. The second kappa shape index (κ2) is 11.6. The molecule has 0 aliphatic carbocycles. The van der Waals surface area contributed by atoms with E-state index in [1.54, 1.807) is 19.1 Å². The zero-order valence-corrected chi connectivity index (χ0v) is 26.2. The highest BCUT2D eigenvalue weighted by Gasteiger charge is 2.73. The third-order valence-electron chi connectivity index (χ3n) is 8.61. The highest BCUT2D eigenvalue weighted by atomic mass is 35.5.